The zero-order valence-electron chi connectivity index (χ0n) is 14.8. The molecule has 0 aromatic carbocycles. The highest BCUT2D eigenvalue weighted by Crippen LogP contribution is 2.20. The molecule has 0 atom stereocenters. The van der Waals surface area contributed by atoms with E-state index in [-0.39, 0.29) is 5.57 Å². The highest BCUT2D eigenvalue weighted by atomic mass is 16.5. The summed E-state index contributed by atoms with van der Waals surface area (Å²) in [4.78, 5) is 33.7. The molecule has 134 valence electrons. The van der Waals surface area contributed by atoms with Crippen LogP contribution in [0, 0.1) is 31.1 Å². The van der Waals surface area contributed by atoms with Gasteiger partial charge in [0.2, 0.25) is 0 Å². The molecule has 0 unspecified atom stereocenters. The third kappa shape index (κ3) is 5.80. The lowest BCUT2D eigenvalue weighted by Crippen LogP contribution is -2.37. The van der Waals surface area contributed by atoms with E-state index in [4.69, 9.17) is 10.5 Å². The van der Waals surface area contributed by atoms with Crippen LogP contribution in [0.3, 0.4) is 0 Å². The van der Waals surface area contributed by atoms with Gasteiger partial charge in [-0.1, -0.05) is 13.8 Å². The molecule has 25 heavy (non-hydrogen) atoms. The van der Waals surface area contributed by atoms with Crippen molar-refractivity contribution in [3.63, 3.8) is 0 Å². The number of esters is 1. The molecule has 1 aromatic rings. The lowest BCUT2D eigenvalue weighted by Gasteiger charge is -2.12. The molecule has 0 aliphatic rings. The number of nitrogens with two attached hydrogens (primary N) is 1. The number of nitriles is 1. The topological polar surface area (TPSA) is 127 Å². The number of primary amides is 1. The van der Waals surface area contributed by atoms with Crippen LogP contribution < -0.4 is 11.1 Å². The first kappa shape index (κ1) is 20.0. The number of imide groups is 1. The highest BCUT2D eigenvalue weighted by Gasteiger charge is 2.16. The second kappa shape index (κ2) is 8.68. The van der Waals surface area contributed by atoms with Crippen molar-refractivity contribution in [3.8, 4) is 6.07 Å². The van der Waals surface area contributed by atoms with Crippen molar-refractivity contribution in [2.24, 2.45) is 11.7 Å². The Morgan fingerprint density at radius 2 is 2.04 bits per heavy atom. The van der Waals surface area contributed by atoms with Crippen molar-refractivity contribution in [3.05, 3.63) is 28.6 Å². The lowest BCUT2D eigenvalue weighted by molar-refractivity contribution is -0.144. The number of hydrogen-bond donors (Lipinski definition) is 2. The number of ether oxygens (including phenoxy) is 1. The van der Waals surface area contributed by atoms with Gasteiger partial charge in [0.25, 0.3) is 5.91 Å². The standard InChI is InChI=1S/C17H22N4O4/c1-10(2)8-21-11(3)5-13(12(21)4)6-14(7-18)16(23)25-9-15(22)20-17(19)24/h5-6,10H,8-9H2,1-4H3,(H3,19,20,22,24). The molecule has 1 aromatic heterocycles. The SMILES string of the molecule is Cc1cc(C=C(C#N)C(=O)OCC(=O)NC(N)=O)c(C)n1CC(C)C. The van der Waals surface area contributed by atoms with Crippen LogP contribution in [0.15, 0.2) is 11.6 Å². The maximum absolute atomic E-state index is 11.9. The van der Waals surface area contributed by atoms with Gasteiger partial charge in [-0.25, -0.2) is 9.59 Å². The first-order valence-electron chi connectivity index (χ1n) is 7.70. The van der Waals surface area contributed by atoms with Crippen LogP contribution >= 0.6 is 0 Å². The highest BCUT2D eigenvalue weighted by molar-refractivity contribution is 6.00. The predicted molar refractivity (Wildman–Crippen MR) is 91.0 cm³/mol. The van der Waals surface area contributed by atoms with E-state index in [0.717, 1.165) is 23.5 Å². The Hall–Kier alpha value is -3.08. The molecule has 3 amide bonds. The number of urea groups is 1. The third-order valence-corrected chi connectivity index (χ3v) is 3.40. The van der Waals surface area contributed by atoms with Gasteiger partial charge in [-0.2, -0.15) is 5.26 Å². The molecule has 0 fully saturated rings. The average Bonchev–Trinajstić information content (AvgIpc) is 2.76. The van der Waals surface area contributed by atoms with Gasteiger partial charge in [0.15, 0.2) is 6.61 Å². The summed E-state index contributed by atoms with van der Waals surface area (Å²) in [6.07, 6.45) is 1.42. The van der Waals surface area contributed by atoms with Crippen LogP contribution in [0.2, 0.25) is 0 Å². The van der Waals surface area contributed by atoms with Crippen LogP contribution in [0.5, 0.6) is 0 Å². The molecule has 0 bridgehead atoms. The van der Waals surface area contributed by atoms with Gasteiger partial charge in [-0.3, -0.25) is 10.1 Å². The molecular formula is C17H22N4O4. The molecule has 0 radical (unpaired) electrons. The fourth-order valence-electron chi connectivity index (χ4n) is 2.29. The van der Waals surface area contributed by atoms with E-state index in [2.05, 4.69) is 18.4 Å². The van der Waals surface area contributed by atoms with E-state index >= 15 is 0 Å². The van der Waals surface area contributed by atoms with E-state index in [0.29, 0.717) is 5.92 Å². The summed E-state index contributed by atoms with van der Waals surface area (Å²) in [6, 6.07) is 2.60. The number of nitrogens with one attached hydrogen (secondary N) is 1. The predicted octanol–water partition coefficient (Wildman–Crippen LogP) is 1.41. The van der Waals surface area contributed by atoms with Crippen LogP contribution in [0.25, 0.3) is 6.08 Å². The average molecular weight is 346 g/mol. The lowest BCUT2D eigenvalue weighted by atomic mass is 10.1. The van der Waals surface area contributed by atoms with Crippen molar-refractivity contribution in [1.82, 2.24) is 9.88 Å². The monoisotopic (exact) mass is 346 g/mol. The number of aryl methyl sites for hydroxylation is 1. The molecule has 1 rings (SSSR count). The quantitative estimate of drug-likeness (QED) is 0.457. The Bertz CT molecular complexity index is 753. The van der Waals surface area contributed by atoms with Gasteiger partial charge < -0.3 is 15.0 Å². The molecule has 3 N–H and O–H groups in total. The first-order chi connectivity index (χ1) is 11.6. The third-order valence-electron chi connectivity index (χ3n) is 3.40. The van der Waals surface area contributed by atoms with E-state index in [9.17, 15) is 19.6 Å². The van der Waals surface area contributed by atoms with E-state index in [1.165, 1.54) is 6.08 Å². The molecule has 1 heterocycles. The Balaban J connectivity index is 2.93. The summed E-state index contributed by atoms with van der Waals surface area (Å²) in [6.45, 7) is 8.18. The molecule has 0 aliphatic heterocycles. The maximum atomic E-state index is 11.9. The maximum Gasteiger partial charge on any atom is 0.349 e. The number of aromatic nitrogens is 1. The van der Waals surface area contributed by atoms with Gasteiger partial charge in [-0.15, -0.1) is 0 Å². The Morgan fingerprint density at radius 1 is 1.40 bits per heavy atom. The fraction of sp³-hybridized carbons (Fsp3) is 0.412. The normalized spacial score (nSPS) is 11.1. The van der Waals surface area contributed by atoms with Crippen molar-refractivity contribution >= 4 is 24.0 Å². The first-order valence-corrected chi connectivity index (χ1v) is 7.70. The van der Waals surface area contributed by atoms with Crippen molar-refractivity contribution < 1.29 is 19.1 Å². The van der Waals surface area contributed by atoms with Crippen molar-refractivity contribution in [1.29, 1.82) is 5.26 Å². The minimum atomic E-state index is -1.05. The van der Waals surface area contributed by atoms with Gasteiger partial charge in [0.1, 0.15) is 11.6 Å². The van der Waals surface area contributed by atoms with E-state index < -0.39 is 24.5 Å². The van der Waals surface area contributed by atoms with Crippen LogP contribution in [-0.2, 0) is 20.9 Å². The van der Waals surface area contributed by atoms with E-state index in [1.807, 2.05) is 19.9 Å². The molecule has 0 saturated heterocycles. The molecule has 0 aliphatic carbocycles. The number of carbonyl (C=O) groups is 3. The summed E-state index contributed by atoms with van der Waals surface area (Å²) in [5.74, 6) is -1.37. The van der Waals surface area contributed by atoms with Gasteiger partial charge >= 0.3 is 12.0 Å². The van der Waals surface area contributed by atoms with Crippen LogP contribution in [0.1, 0.15) is 30.8 Å². The zero-order chi connectivity index (χ0) is 19.1. The van der Waals surface area contributed by atoms with Crippen LogP contribution in [0.4, 0.5) is 4.79 Å². The van der Waals surface area contributed by atoms with Gasteiger partial charge in [0, 0.05) is 17.9 Å². The van der Waals surface area contributed by atoms with Crippen molar-refractivity contribution in [2.75, 3.05) is 6.61 Å². The van der Waals surface area contributed by atoms with Gasteiger partial charge in [0.05, 0.1) is 0 Å². The molecular weight excluding hydrogens is 324 g/mol. The van der Waals surface area contributed by atoms with Crippen LogP contribution in [-0.4, -0.2) is 29.1 Å². The fourth-order valence-corrected chi connectivity index (χ4v) is 2.29. The Morgan fingerprint density at radius 3 is 2.56 bits per heavy atom. The number of carbonyl (C=O) groups excluding carboxylic acids is 3. The second-order valence-corrected chi connectivity index (χ2v) is 5.99. The summed E-state index contributed by atoms with van der Waals surface area (Å²) in [7, 11) is 0. The largest absolute Gasteiger partial charge is 0.451 e. The summed E-state index contributed by atoms with van der Waals surface area (Å²) >= 11 is 0. The summed E-state index contributed by atoms with van der Waals surface area (Å²) in [5.41, 5.74) is 7.22. The minimum Gasteiger partial charge on any atom is -0.451 e. The van der Waals surface area contributed by atoms with Gasteiger partial charge in [-0.05, 0) is 37.5 Å². The molecule has 0 spiro atoms. The molecule has 0 saturated carbocycles. The Kier molecular flexibility index (Phi) is 6.93. The molecule has 8 nitrogen and oxygen atoms in total. The second-order valence-electron chi connectivity index (χ2n) is 5.99. The number of nitrogens with zero attached hydrogens (tertiary/aromatic N) is 2. The number of rotatable bonds is 6. The number of amides is 3. The zero-order valence-corrected chi connectivity index (χ0v) is 14.8. The minimum absolute atomic E-state index is 0.239. The van der Waals surface area contributed by atoms with E-state index in [1.54, 1.807) is 11.4 Å². The summed E-state index contributed by atoms with van der Waals surface area (Å²) < 4.78 is 6.82. The molecule has 8 heteroatoms. The number of hydrogen-bond acceptors (Lipinski definition) is 5. The van der Waals surface area contributed by atoms with Crippen molar-refractivity contribution in [2.45, 2.75) is 34.2 Å². The Labute approximate surface area is 146 Å². The summed E-state index contributed by atoms with van der Waals surface area (Å²) in [5, 5.41) is 10.9. The smallest absolute Gasteiger partial charge is 0.349 e.